The lowest BCUT2D eigenvalue weighted by Gasteiger charge is -2.44. The zero-order chi connectivity index (χ0) is 21.9. The highest BCUT2D eigenvalue weighted by molar-refractivity contribution is 5.76. The predicted octanol–water partition coefficient (Wildman–Crippen LogP) is -3.72. The van der Waals surface area contributed by atoms with Gasteiger partial charge in [-0.05, 0) is 5.53 Å². The minimum atomic E-state index is -1.93. The van der Waals surface area contributed by atoms with Crippen LogP contribution in [0.3, 0.4) is 0 Å². The van der Waals surface area contributed by atoms with E-state index >= 15 is 0 Å². The fourth-order valence-corrected chi connectivity index (χ4v) is 2.88. The number of hydrogen-bond donors (Lipinski definition) is 5. The number of nitrogens with zero attached hydrogens (tertiary/aromatic N) is 3. The minimum Gasteiger partial charge on any atom is -0.467 e. The Morgan fingerprint density at radius 2 is 1.45 bits per heavy atom. The lowest BCUT2D eigenvalue weighted by atomic mass is 9.96. The highest BCUT2D eigenvalue weighted by atomic mass is 16.7. The van der Waals surface area contributed by atoms with Crippen molar-refractivity contribution in [2.45, 2.75) is 61.3 Å². The first-order chi connectivity index (χ1) is 13.7. The molecule has 0 bridgehead atoms. The van der Waals surface area contributed by atoms with Crippen molar-refractivity contribution in [2.75, 3.05) is 14.2 Å². The fourth-order valence-electron chi connectivity index (χ4n) is 2.88. The van der Waals surface area contributed by atoms with Crippen molar-refractivity contribution in [2.24, 2.45) is 5.11 Å². The molecule has 0 unspecified atom stereocenters. The molecule has 15 nitrogen and oxygen atoms in total. The second-order valence-corrected chi connectivity index (χ2v) is 6.18. The van der Waals surface area contributed by atoms with Gasteiger partial charge in [0.05, 0.1) is 14.2 Å². The van der Waals surface area contributed by atoms with Crippen LogP contribution in [-0.4, -0.2) is 113 Å². The molecule has 0 radical (unpaired) electrons. The van der Waals surface area contributed by atoms with Gasteiger partial charge in [-0.3, -0.25) is 0 Å². The Hall–Kier alpha value is -2.07. The van der Waals surface area contributed by atoms with Crippen LogP contribution in [0.1, 0.15) is 0 Å². The Morgan fingerprint density at radius 3 is 2.00 bits per heavy atom. The van der Waals surface area contributed by atoms with Crippen molar-refractivity contribution in [1.29, 1.82) is 0 Å². The first kappa shape index (κ1) is 23.2. The molecular formula is C14H21N3O12. The second kappa shape index (κ2) is 9.62. The van der Waals surface area contributed by atoms with Crippen molar-refractivity contribution >= 4 is 11.9 Å². The van der Waals surface area contributed by atoms with Crippen LogP contribution < -0.4 is 0 Å². The van der Waals surface area contributed by atoms with Gasteiger partial charge in [-0.25, -0.2) is 9.59 Å². The van der Waals surface area contributed by atoms with Gasteiger partial charge in [0.1, 0.15) is 36.6 Å². The van der Waals surface area contributed by atoms with E-state index in [-0.39, 0.29) is 0 Å². The quantitative estimate of drug-likeness (QED) is 0.124. The number of aliphatic hydroxyl groups is 5. The first-order valence-corrected chi connectivity index (χ1v) is 8.24. The summed E-state index contributed by atoms with van der Waals surface area (Å²) in [5, 5.41) is 53.4. The average Bonchev–Trinajstić information content (AvgIpc) is 2.72. The predicted molar refractivity (Wildman–Crippen MR) is 85.4 cm³/mol. The SMILES string of the molecule is COC(=O)[C@H]1O[C@@H](O[C@H]2[C@H](O)[C@@H](O)[C@H](N=[N+]=[N-])O[C@@H]2C(=O)OC)[C@H](O)[C@@H](O)[C@@H]1O. The number of rotatable bonds is 5. The molecule has 2 heterocycles. The summed E-state index contributed by atoms with van der Waals surface area (Å²) < 4.78 is 24.5. The van der Waals surface area contributed by atoms with Crippen molar-refractivity contribution in [1.82, 2.24) is 0 Å². The number of carbonyl (C=O) groups is 2. The van der Waals surface area contributed by atoms with Gasteiger partial charge < -0.3 is 49.2 Å². The third kappa shape index (κ3) is 4.58. The lowest BCUT2D eigenvalue weighted by Crippen LogP contribution is -2.65. The van der Waals surface area contributed by atoms with Gasteiger partial charge in [-0.1, -0.05) is 5.11 Å². The lowest BCUT2D eigenvalue weighted by molar-refractivity contribution is -0.333. The summed E-state index contributed by atoms with van der Waals surface area (Å²) in [7, 11) is 1.98. The summed E-state index contributed by atoms with van der Waals surface area (Å²) in [5.41, 5.74) is 8.51. The zero-order valence-corrected chi connectivity index (χ0v) is 15.2. The summed E-state index contributed by atoms with van der Waals surface area (Å²) in [5.74, 6) is -2.18. The number of ether oxygens (including phenoxy) is 5. The molecule has 0 aromatic rings. The number of hydrogen-bond acceptors (Lipinski definition) is 13. The smallest absolute Gasteiger partial charge is 0.337 e. The van der Waals surface area contributed by atoms with Crippen molar-refractivity contribution in [3.63, 3.8) is 0 Å². The van der Waals surface area contributed by atoms with Crippen LogP contribution in [0.25, 0.3) is 10.4 Å². The van der Waals surface area contributed by atoms with Crippen LogP contribution in [0.5, 0.6) is 0 Å². The molecular weight excluding hydrogens is 402 g/mol. The van der Waals surface area contributed by atoms with E-state index in [0.717, 1.165) is 14.2 Å². The maximum absolute atomic E-state index is 12.0. The summed E-state index contributed by atoms with van der Waals surface area (Å²) in [6.45, 7) is 0. The van der Waals surface area contributed by atoms with Gasteiger partial charge in [0, 0.05) is 4.91 Å². The van der Waals surface area contributed by atoms with E-state index in [4.69, 9.17) is 19.7 Å². The Morgan fingerprint density at radius 1 is 0.862 bits per heavy atom. The number of aliphatic hydroxyl groups excluding tert-OH is 5. The van der Waals surface area contributed by atoms with Crippen LogP contribution >= 0.6 is 0 Å². The fraction of sp³-hybridized carbons (Fsp3) is 0.857. The van der Waals surface area contributed by atoms with Crippen molar-refractivity contribution in [3.05, 3.63) is 10.4 Å². The topological polar surface area (TPSA) is 230 Å². The van der Waals surface area contributed by atoms with Gasteiger partial charge >= 0.3 is 11.9 Å². The molecule has 0 aliphatic carbocycles. The maximum atomic E-state index is 12.0. The number of methoxy groups -OCH3 is 2. The monoisotopic (exact) mass is 423 g/mol. The van der Waals surface area contributed by atoms with E-state index in [2.05, 4.69) is 19.5 Å². The Bertz CT molecular complexity index is 658. The Labute approximate surface area is 162 Å². The zero-order valence-electron chi connectivity index (χ0n) is 15.2. The van der Waals surface area contributed by atoms with Gasteiger partial charge in [-0.2, -0.15) is 0 Å². The molecule has 0 aromatic carbocycles. The van der Waals surface area contributed by atoms with E-state index in [9.17, 15) is 35.1 Å². The Balaban J connectivity index is 2.28. The van der Waals surface area contributed by atoms with E-state index in [1.165, 1.54) is 0 Å². The first-order valence-electron chi connectivity index (χ1n) is 8.24. The van der Waals surface area contributed by atoms with Crippen molar-refractivity contribution in [3.8, 4) is 0 Å². The molecule has 5 N–H and O–H groups in total. The van der Waals surface area contributed by atoms with E-state index in [1.807, 2.05) is 0 Å². The molecule has 0 amide bonds. The van der Waals surface area contributed by atoms with E-state index in [0.29, 0.717) is 0 Å². The molecule has 2 aliphatic rings. The minimum absolute atomic E-state index is 0.988. The maximum Gasteiger partial charge on any atom is 0.337 e. The second-order valence-electron chi connectivity index (χ2n) is 6.18. The van der Waals surface area contributed by atoms with Crippen LogP contribution in [-0.2, 0) is 33.3 Å². The molecule has 2 rings (SSSR count). The summed E-state index contributed by atoms with van der Waals surface area (Å²) >= 11 is 0. The molecule has 0 saturated carbocycles. The van der Waals surface area contributed by atoms with Crippen LogP contribution in [0.15, 0.2) is 5.11 Å². The number of esters is 2. The molecule has 2 fully saturated rings. The molecule has 0 aromatic heterocycles. The molecule has 15 heteroatoms. The molecule has 29 heavy (non-hydrogen) atoms. The standard InChI is InChI=1S/C14H21N3O12/c1-25-12(23)9-4(19)3(18)7(22)14(29-9)28-8-5(20)6(21)11(16-17-15)27-10(8)13(24)26-2/h3-11,14,18-22H,1-2H3/t3-,4-,5+,6+,7+,8-,9-,10-,11+,14+/m0/s1. The molecule has 10 atom stereocenters. The average molecular weight is 423 g/mol. The number of azide groups is 1. The number of carbonyl (C=O) groups excluding carboxylic acids is 2. The van der Waals surface area contributed by atoms with E-state index in [1.54, 1.807) is 0 Å². The normalized spacial score (nSPS) is 42.4. The molecule has 2 aliphatic heterocycles. The van der Waals surface area contributed by atoms with Gasteiger partial charge in [0.2, 0.25) is 0 Å². The highest BCUT2D eigenvalue weighted by Crippen LogP contribution is 2.30. The summed E-state index contributed by atoms with van der Waals surface area (Å²) in [6.07, 6.45) is -18.2. The van der Waals surface area contributed by atoms with Gasteiger partial charge in [0.15, 0.2) is 24.7 Å². The van der Waals surface area contributed by atoms with Gasteiger partial charge in [-0.15, -0.1) is 0 Å². The molecule has 164 valence electrons. The highest BCUT2D eigenvalue weighted by Gasteiger charge is 2.53. The third-order valence-corrected chi connectivity index (χ3v) is 4.46. The Kier molecular flexibility index (Phi) is 7.70. The summed E-state index contributed by atoms with van der Waals surface area (Å²) in [6, 6.07) is 0. The largest absolute Gasteiger partial charge is 0.467 e. The van der Waals surface area contributed by atoms with Crippen LogP contribution in [0, 0.1) is 0 Å². The van der Waals surface area contributed by atoms with Gasteiger partial charge in [0.25, 0.3) is 0 Å². The molecule has 2 saturated heterocycles. The summed E-state index contributed by atoms with van der Waals surface area (Å²) in [4.78, 5) is 26.2. The van der Waals surface area contributed by atoms with Crippen molar-refractivity contribution < 1.29 is 58.8 Å². The molecule has 0 spiro atoms. The van der Waals surface area contributed by atoms with Crippen LogP contribution in [0.2, 0.25) is 0 Å². The van der Waals surface area contributed by atoms with E-state index < -0.39 is 73.3 Å². The third-order valence-electron chi connectivity index (χ3n) is 4.46. The van der Waals surface area contributed by atoms with Crippen LogP contribution in [0.4, 0.5) is 0 Å².